The van der Waals surface area contributed by atoms with Crippen molar-refractivity contribution in [2.75, 3.05) is 32.1 Å². The van der Waals surface area contributed by atoms with Crippen molar-refractivity contribution in [3.8, 4) is 5.75 Å². The van der Waals surface area contributed by atoms with Gasteiger partial charge in [-0.1, -0.05) is 61.5 Å². The van der Waals surface area contributed by atoms with Gasteiger partial charge in [0.2, 0.25) is 5.91 Å². The Labute approximate surface area is 236 Å². The van der Waals surface area contributed by atoms with E-state index in [-0.39, 0.29) is 11.7 Å². The Morgan fingerprint density at radius 1 is 0.950 bits per heavy atom. The van der Waals surface area contributed by atoms with Gasteiger partial charge in [0, 0.05) is 42.7 Å². The molecule has 7 nitrogen and oxygen atoms in total. The molecule has 3 aromatic carbocycles. The Bertz CT molecular complexity index is 1270. The molecule has 0 bridgehead atoms. The number of amides is 1. The van der Waals surface area contributed by atoms with Crippen molar-refractivity contribution in [3.63, 3.8) is 0 Å². The van der Waals surface area contributed by atoms with E-state index in [1.807, 2.05) is 60.4 Å². The number of nitrogens with one attached hydrogen (secondary N) is 1. The van der Waals surface area contributed by atoms with Crippen molar-refractivity contribution >= 4 is 23.3 Å². The second kappa shape index (κ2) is 14.3. The van der Waals surface area contributed by atoms with Gasteiger partial charge in [-0.05, 0) is 55.0 Å². The second-order valence-corrected chi connectivity index (χ2v) is 10.1. The zero-order chi connectivity index (χ0) is 28.3. The third-order valence-corrected chi connectivity index (χ3v) is 7.06. The van der Waals surface area contributed by atoms with Gasteiger partial charge >= 0.3 is 5.97 Å². The number of ether oxygens (including phenoxy) is 2. The molecule has 40 heavy (non-hydrogen) atoms. The quantitative estimate of drug-likeness (QED) is 0.154. The molecular weight excluding hydrogens is 504 g/mol. The topological polar surface area (TPSA) is 84.9 Å². The molecule has 0 spiro atoms. The Hall–Kier alpha value is -4.13. The lowest BCUT2D eigenvalue weighted by atomic mass is 10.00. The van der Waals surface area contributed by atoms with Crippen LogP contribution in [-0.2, 0) is 20.7 Å². The number of esters is 1. The van der Waals surface area contributed by atoms with Crippen molar-refractivity contribution < 1.29 is 23.9 Å². The van der Waals surface area contributed by atoms with Gasteiger partial charge in [-0.25, -0.2) is 4.79 Å². The van der Waals surface area contributed by atoms with Crippen LogP contribution in [0.5, 0.6) is 5.75 Å². The summed E-state index contributed by atoms with van der Waals surface area (Å²) in [5.74, 6) is 1.08. The Kier molecular flexibility index (Phi) is 10.3. The minimum absolute atomic E-state index is 0.122. The first-order valence-electron chi connectivity index (χ1n) is 14.0. The molecule has 1 atom stereocenters. The Morgan fingerprint density at radius 3 is 2.33 bits per heavy atom. The summed E-state index contributed by atoms with van der Waals surface area (Å²) in [5.41, 5.74) is 2.56. The lowest BCUT2D eigenvalue weighted by Gasteiger charge is -2.22. The normalized spacial score (nSPS) is 13.2. The van der Waals surface area contributed by atoms with Crippen LogP contribution >= 0.6 is 0 Å². The molecule has 0 aliphatic heterocycles. The number of ketones is 1. The predicted octanol–water partition coefficient (Wildman–Crippen LogP) is 5.53. The van der Waals surface area contributed by atoms with Gasteiger partial charge in [-0.2, -0.15) is 0 Å². The Morgan fingerprint density at radius 2 is 1.65 bits per heavy atom. The molecule has 1 N–H and O–H groups in total. The molecule has 1 fully saturated rings. The minimum atomic E-state index is -0.685. The van der Waals surface area contributed by atoms with Gasteiger partial charge in [0.25, 0.3) is 0 Å². The molecule has 0 heterocycles. The zero-order valence-electron chi connectivity index (χ0n) is 23.3. The third kappa shape index (κ3) is 8.18. The molecule has 0 unspecified atom stereocenters. The van der Waals surface area contributed by atoms with Crippen LogP contribution in [0.1, 0.15) is 54.1 Å². The highest BCUT2D eigenvalue weighted by Crippen LogP contribution is 2.30. The summed E-state index contributed by atoms with van der Waals surface area (Å²) in [6.07, 6.45) is 4.12. The number of nitrogens with zero attached hydrogens (tertiary/aromatic N) is 1. The van der Waals surface area contributed by atoms with Gasteiger partial charge in [0.05, 0.1) is 13.7 Å². The summed E-state index contributed by atoms with van der Waals surface area (Å²) in [4.78, 5) is 40.0. The summed E-state index contributed by atoms with van der Waals surface area (Å²) >= 11 is 0. The van der Waals surface area contributed by atoms with Crippen LogP contribution in [0, 0.1) is 5.92 Å². The number of carbonyl (C=O) groups is 3. The molecule has 1 amide bonds. The van der Waals surface area contributed by atoms with Crippen molar-refractivity contribution in [3.05, 3.63) is 95.6 Å². The average Bonchev–Trinajstić information content (AvgIpc) is 3.83. The fourth-order valence-electron chi connectivity index (χ4n) is 4.63. The number of hydrogen-bond acceptors (Lipinski definition) is 6. The molecule has 1 aliphatic rings. The smallest absolute Gasteiger partial charge is 0.328 e. The van der Waals surface area contributed by atoms with E-state index in [4.69, 9.17) is 9.47 Å². The van der Waals surface area contributed by atoms with Crippen LogP contribution < -0.4 is 10.1 Å². The lowest BCUT2D eigenvalue weighted by molar-refractivity contribution is -0.141. The van der Waals surface area contributed by atoms with Crippen molar-refractivity contribution in [2.45, 2.75) is 45.1 Å². The third-order valence-electron chi connectivity index (χ3n) is 7.06. The second-order valence-electron chi connectivity index (χ2n) is 10.1. The van der Waals surface area contributed by atoms with E-state index in [0.717, 1.165) is 24.3 Å². The highest BCUT2D eigenvalue weighted by atomic mass is 16.5. The largest absolute Gasteiger partial charge is 0.494 e. The number of para-hydroxylation sites is 1. The van der Waals surface area contributed by atoms with Crippen LogP contribution in [-0.4, -0.2) is 55.4 Å². The molecule has 0 aromatic heterocycles. The van der Waals surface area contributed by atoms with Crippen LogP contribution in [0.4, 0.5) is 5.69 Å². The van der Waals surface area contributed by atoms with Gasteiger partial charge in [-0.15, -0.1) is 0 Å². The number of rotatable bonds is 15. The van der Waals surface area contributed by atoms with Gasteiger partial charge < -0.3 is 19.7 Å². The van der Waals surface area contributed by atoms with Crippen LogP contribution in [0.15, 0.2) is 78.9 Å². The lowest BCUT2D eigenvalue weighted by Crippen LogP contribution is -2.34. The summed E-state index contributed by atoms with van der Waals surface area (Å²) in [6, 6.07) is 23.2. The maximum atomic E-state index is 13.1. The fourth-order valence-corrected chi connectivity index (χ4v) is 4.63. The molecule has 210 valence electrons. The Balaban J connectivity index is 1.34. The van der Waals surface area contributed by atoms with Gasteiger partial charge in [-0.3, -0.25) is 9.59 Å². The first-order valence-corrected chi connectivity index (χ1v) is 14.0. The number of benzene rings is 3. The number of carbonyl (C=O) groups excluding carboxylic acids is 3. The predicted molar refractivity (Wildman–Crippen MR) is 156 cm³/mol. The first kappa shape index (κ1) is 28.9. The summed E-state index contributed by atoms with van der Waals surface area (Å²) in [6.45, 7) is 4.00. The summed E-state index contributed by atoms with van der Waals surface area (Å²) in [7, 11) is 1.36. The van der Waals surface area contributed by atoms with Crippen LogP contribution in [0.25, 0.3) is 0 Å². The highest BCUT2D eigenvalue weighted by molar-refractivity contribution is 6.12. The molecule has 0 saturated heterocycles. The number of hydrogen-bond donors (Lipinski definition) is 1. The van der Waals surface area contributed by atoms with Crippen molar-refractivity contribution in [2.24, 2.45) is 5.92 Å². The van der Waals surface area contributed by atoms with Crippen molar-refractivity contribution in [1.29, 1.82) is 0 Å². The average molecular weight is 543 g/mol. The van der Waals surface area contributed by atoms with E-state index in [1.165, 1.54) is 20.0 Å². The molecule has 1 aliphatic carbocycles. The molecular formula is C33H38N2O5. The molecule has 7 heteroatoms. The maximum Gasteiger partial charge on any atom is 0.328 e. The highest BCUT2D eigenvalue weighted by Gasteiger charge is 2.26. The summed E-state index contributed by atoms with van der Waals surface area (Å²) in [5, 5.41) is 3.24. The SMILES string of the molecule is CCC(=O)N(CCCOc1ccc(C[C@H](Nc2ccccc2C(=O)c2ccccc2)C(=O)OC)cc1)CC1CC1. The van der Waals surface area contributed by atoms with E-state index >= 15 is 0 Å². The van der Waals surface area contributed by atoms with Crippen LogP contribution in [0.2, 0.25) is 0 Å². The first-order chi connectivity index (χ1) is 19.5. The number of methoxy groups -OCH3 is 1. The van der Waals surface area contributed by atoms with E-state index in [2.05, 4.69) is 5.32 Å². The number of anilines is 1. The van der Waals surface area contributed by atoms with Gasteiger partial charge in [0.1, 0.15) is 11.8 Å². The van der Waals surface area contributed by atoms with E-state index in [9.17, 15) is 14.4 Å². The fraction of sp³-hybridized carbons (Fsp3) is 0.364. The molecule has 1 saturated carbocycles. The van der Waals surface area contributed by atoms with Crippen LogP contribution in [0.3, 0.4) is 0 Å². The molecule has 0 radical (unpaired) electrons. The van der Waals surface area contributed by atoms with E-state index in [1.54, 1.807) is 30.3 Å². The van der Waals surface area contributed by atoms with E-state index in [0.29, 0.717) is 48.7 Å². The summed E-state index contributed by atoms with van der Waals surface area (Å²) < 4.78 is 11.0. The van der Waals surface area contributed by atoms with Crippen molar-refractivity contribution in [1.82, 2.24) is 4.90 Å². The minimum Gasteiger partial charge on any atom is -0.494 e. The molecule has 4 rings (SSSR count). The maximum absolute atomic E-state index is 13.1. The molecule has 3 aromatic rings. The standard InChI is InChI=1S/C33H38N2O5/c1-3-31(36)35(23-25-14-15-25)20-9-21-40-27-18-16-24(17-19-27)22-30(33(38)39-2)34-29-13-8-7-12-28(29)32(37)26-10-5-4-6-11-26/h4-8,10-13,16-19,25,30,34H,3,9,14-15,20-23H2,1-2H3/t30-/m0/s1. The van der Waals surface area contributed by atoms with E-state index < -0.39 is 12.0 Å². The zero-order valence-corrected chi connectivity index (χ0v) is 23.3. The monoisotopic (exact) mass is 542 g/mol. The van der Waals surface area contributed by atoms with Gasteiger partial charge in [0.15, 0.2) is 5.78 Å².